The van der Waals surface area contributed by atoms with Crippen LogP contribution in [0.5, 0.6) is 0 Å². The van der Waals surface area contributed by atoms with E-state index < -0.39 is 0 Å². The predicted octanol–water partition coefficient (Wildman–Crippen LogP) is 5.37. The van der Waals surface area contributed by atoms with Crippen LogP contribution in [0.4, 0.5) is 5.00 Å². The molecule has 0 aliphatic heterocycles. The maximum Gasteiger partial charge on any atom is 0.254 e. The quantitative estimate of drug-likeness (QED) is 0.594. The van der Waals surface area contributed by atoms with Crippen LogP contribution in [0, 0.1) is 0 Å². The Bertz CT molecular complexity index is 911. The number of nitrogens with zero attached hydrogens (tertiary/aromatic N) is 1. The van der Waals surface area contributed by atoms with E-state index in [1.165, 1.54) is 16.9 Å². The summed E-state index contributed by atoms with van der Waals surface area (Å²) < 4.78 is 0. The van der Waals surface area contributed by atoms with Crippen molar-refractivity contribution in [2.75, 3.05) is 0 Å². The number of rotatable bonds is 5. The minimum absolute atomic E-state index is 0.00779. The molecule has 2 aromatic heterocycles. The van der Waals surface area contributed by atoms with Gasteiger partial charge in [0.05, 0.1) is 5.56 Å². The Kier molecular flexibility index (Phi) is 5.27. The average Bonchev–Trinajstić information content (AvgIpc) is 3.32. The van der Waals surface area contributed by atoms with Gasteiger partial charge in [-0.15, -0.1) is 22.7 Å². The summed E-state index contributed by atoms with van der Waals surface area (Å²) >= 11 is 3.33. The molecule has 1 amide bonds. The molecule has 3 nitrogen and oxygen atoms in total. The monoisotopic (exact) mass is 380 g/mol. The fourth-order valence-corrected chi connectivity index (χ4v) is 5.05. The largest absolute Gasteiger partial charge is 0.348 e. The number of amides is 1. The first kappa shape index (κ1) is 17.2. The summed E-state index contributed by atoms with van der Waals surface area (Å²) in [5.74, 6) is -0.00779. The van der Waals surface area contributed by atoms with Crippen LogP contribution in [0.25, 0.3) is 0 Å². The molecule has 1 N–H and O–H groups in total. The summed E-state index contributed by atoms with van der Waals surface area (Å²) in [7, 11) is 0. The van der Waals surface area contributed by atoms with Gasteiger partial charge < -0.3 is 5.32 Å². The number of carbonyl (C=O) groups is 1. The standard InChI is InChI=1S/C21H20N2OS2/c24-20(22-13-15-7-2-1-3-8-15)19-17-10-4-5-11-18(17)26-21(19)23-14-16-9-6-12-25-16/h1-3,6-9,12,14H,4-5,10-11,13H2,(H,22,24)/b23-14-. The summed E-state index contributed by atoms with van der Waals surface area (Å²) in [6.07, 6.45) is 6.27. The fourth-order valence-electron chi connectivity index (χ4n) is 3.23. The second-order valence-corrected chi connectivity index (χ2v) is 8.40. The molecule has 5 heteroatoms. The molecule has 0 atom stereocenters. The molecule has 0 saturated heterocycles. The van der Waals surface area contributed by atoms with Crippen LogP contribution < -0.4 is 5.32 Å². The van der Waals surface area contributed by atoms with Crippen molar-refractivity contribution in [2.45, 2.75) is 32.2 Å². The maximum atomic E-state index is 13.0. The Morgan fingerprint density at radius 2 is 1.96 bits per heavy atom. The topological polar surface area (TPSA) is 41.5 Å². The molecule has 4 rings (SSSR count). The highest BCUT2D eigenvalue weighted by molar-refractivity contribution is 7.16. The average molecular weight is 381 g/mol. The van der Waals surface area contributed by atoms with Gasteiger partial charge in [-0.05, 0) is 48.3 Å². The van der Waals surface area contributed by atoms with Gasteiger partial charge >= 0.3 is 0 Å². The van der Waals surface area contributed by atoms with Gasteiger partial charge in [0.25, 0.3) is 5.91 Å². The molecule has 0 radical (unpaired) electrons. The minimum atomic E-state index is -0.00779. The van der Waals surface area contributed by atoms with Gasteiger partial charge in [-0.2, -0.15) is 0 Å². The third kappa shape index (κ3) is 3.79. The summed E-state index contributed by atoms with van der Waals surface area (Å²) in [5.41, 5.74) is 3.10. The van der Waals surface area contributed by atoms with E-state index >= 15 is 0 Å². The van der Waals surface area contributed by atoms with Crippen molar-refractivity contribution in [3.63, 3.8) is 0 Å². The van der Waals surface area contributed by atoms with E-state index in [-0.39, 0.29) is 5.91 Å². The van der Waals surface area contributed by atoms with Gasteiger partial charge in [0, 0.05) is 22.5 Å². The first-order chi connectivity index (χ1) is 12.8. The summed E-state index contributed by atoms with van der Waals surface area (Å²) in [4.78, 5) is 20.1. The molecular weight excluding hydrogens is 360 g/mol. The smallest absolute Gasteiger partial charge is 0.254 e. The molecule has 0 fully saturated rings. The molecule has 2 heterocycles. The van der Waals surface area contributed by atoms with Crippen molar-refractivity contribution in [3.05, 3.63) is 74.3 Å². The maximum absolute atomic E-state index is 13.0. The van der Waals surface area contributed by atoms with Gasteiger partial charge in [0.1, 0.15) is 5.00 Å². The van der Waals surface area contributed by atoms with Crippen molar-refractivity contribution in [3.8, 4) is 0 Å². The van der Waals surface area contributed by atoms with Crippen LogP contribution in [0.2, 0.25) is 0 Å². The fraction of sp³-hybridized carbons (Fsp3) is 0.238. The molecule has 1 aromatic carbocycles. The Morgan fingerprint density at radius 3 is 2.77 bits per heavy atom. The molecule has 1 aliphatic carbocycles. The molecule has 3 aromatic rings. The highest BCUT2D eigenvalue weighted by atomic mass is 32.1. The van der Waals surface area contributed by atoms with Crippen molar-refractivity contribution in [1.82, 2.24) is 5.32 Å². The molecular formula is C21H20N2OS2. The highest BCUT2D eigenvalue weighted by Crippen LogP contribution is 2.39. The van der Waals surface area contributed by atoms with Crippen LogP contribution in [-0.2, 0) is 19.4 Å². The van der Waals surface area contributed by atoms with E-state index in [1.54, 1.807) is 22.7 Å². The Morgan fingerprint density at radius 1 is 1.12 bits per heavy atom. The van der Waals surface area contributed by atoms with E-state index in [4.69, 9.17) is 0 Å². The van der Waals surface area contributed by atoms with Crippen LogP contribution in [0.1, 0.15) is 44.1 Å². The summed E-state index contributed by atoms with van der Waals surface area (Å²) in [6.45, 7) is 0.540. The number of carbonyl (C=O) groups excluding carboxylic acids is 1. The van der Waals surface area contributed by atoms with Gasteiger partial charge in [0.15, 0.2) is 0 Å². The minimum Gasteiger partial charge on any atom is -0.348 e. The lowest BCUT2D eigenvalue weighted by Gasteiger charge is -2.12. The number of benzene rings is 1. The lowest BCUT2D eigenvalue weighted by atomic mass is 9.95. The first-order valence-corrected chi connectivity index (χ1v) is 10.5. The number of hydrogen-bond donors (Lipinski definition) is 1. The van der Waals surface area contributed by atoms with Gasteiger partial charge in [-0.25, -0.2) is 4.99 Å². The van der Waals surface area contributed by atoms with E-state index in [0.29, 0.717) is 6.54 Å². The number of aryl methyl sites for hydroxylation is 1. The third-order valence-electron chi connectivity index (χ3n) is 4.53. The molecule has 0 spiro atoms. The number of thiophene rings is 2. The molecule has 1 aliphatic rings. The molecule has 0 bridgehead atoms. The first-order valence-electron chi connectivity index (χ1n) is 8.85. The second kappa shape index (κ2) is 7.98. The molecule has 26 heavy (non-hydrogen) atoms. The van der Waals surface area contributed by atoms with E-state index in [1.807, 2.05) is 54.1 Å². The van der Waals surface area contributed by atoms with E-state index in [9.17, 15) is 4.79 Å². The van der Waals surface area contributed by atoms with Crippen molar-refractivity contribution < 1.29 is 4.79 Å². The van der Waals surface area contributed by atoms with Gasteiger partial charge in [-0.1, -0.05) is 36.4 Å². The number of hydrogen-bond acceptors (Lipinski definition) is 4. The molecule has 0 saturated carbocycles. The van der Waals surface area contributed by atoms with Gasteiger partial charge in [0.2, 0.25) is 0 Å². The number of fused-ring (bicyclic) bond motifs is 1. The SMILES string of the molecule is O=C(NCc1ccccc1)c1c(/N=C\c2cccs2)sc2c1CCCC2. The van der Waals surface area contributed by atoms with Crippen LogP contribution >= 0.6 is 22.7 Å². The Labute approximate surface area is 161 Å². The zero-order valence-corrected chi connectivity index (χ0v) is 16.0. The summed E-state index contributed by atoms with van der Waals surface area (Å²) in [6, 6.07) is 14.1. The third-order valence-corrected chi connectivity index (χ3v) is 6.53. The van der Waals surface area contributed by atoms with Crippen molar-refractivity contribution >= 4 is 39.8 Å². The van der Waals surface area contributed by atoms with Crippen molar-refractivity contribution in [1.29, 1.82) is 0 Å². The second-order valence-electron chi connectivity index (χ2n) is 6.33. The number of nitrogens with one attached hydrogen (secondary N) is 1. The Hall–Kier alpha value is -2.24. The predicted molar refractivity (Wildman–Crippen MR) is 110 cm³/mol. The lowest BCUT2D eigenvalue weighted by Crippen LogP contribution is -2.24. The zero-order valence-electron chi connectivity index (χ0n) is 14.4. The molecule has 0 unspecified atom stereocenters. The zero-order chi connectivity index (χ0) is 17.8. The van der Waals surface area contributed by atoms with Crippen LogP contribution in [0.15, 0.2) is 52.8 Å². The van der Waals surface area contributed by atoms with Crippen LogP contribution in [0.3, 0.4) is 0 Å². The lowest BCUT2D eigenvalue weighted by molar-refractivity contribution is 0.0951. The number of aliphatic imine (C=N–C) groups is 1. The highest BCUT2D eigenvalue weighted by Gasteiger charge is 2.25. The Balaban J connectivity index is 1.60. The van der Waals surface area contributed by atoms with Gasteiger partial charge in [-0.3, -0.25) is 4.79 Å². The van der Waals surface area contributed by atoms with Crippen LogP contribution in [-0.4, -0.2) is 12.1 Å². The normalized spacial score (nSPS) is 13.7. The molecule has 132 valence electrons. The van der Waals surface area contributed by atoms with E-state index in [2.05, 4.69) is 10.3 Å². The van der Waals surface area contributed by atoms with E-state index in [0.717, 1.165) is 40.3 Å². The van der Waals surface area contributed by atoms with Crippen molar-refractivity contribution in [2.24, 2.45) is 4.99 Å². The summed E-state index contributed by atoms with van der Waals surface area (Å²) in [5, 5.41) is 5.96.